The summed E-state index contributed by atoms with van der Waals surface area (Å²) in [5.41, 5.74) is 8.82. The van der Waals surface area contributed by atoms with Crippen molar-refractivity contribution in [2.24, 2.45) is 17.6 Å². The third-order valence-corrected chi connectivity index (χ3v) is 9.78. The average molecular weight is 740 g/mol. The highest BCUT2D eigenvalue weighted by molar-refractivity contribution is 5.82. The second-order valence-electron chi connectivity index (χ2n) is 13.6. The predicted molar refractivity (Wildman–Crippen MR) is 192 cm³/mol. The Balaban J connectivity index is 1.36. The Labute approximate surface area is 305 Å². The lowest BCUT2D eigenvalue weighted by molar-refractivity contribution is -0.130. The SMILES string of the molecule is COCC1=C(NC(N)N2CCC(CCCOC(/C=C/F)=C/C(F)=C/CC(=O)N3CC[C@H](C(=O)NC[C@H](O)[C@@H](O)[C@H](O)CCO)C3)CC2)CCCC=C1. The summed E-state index contributed by atoms with van der Waals surface area (Å²) in [4.78, 5) is 28.9. The first kappa shape index (κ1) is 43.2. The smallest absolute Gasteiger partial charge is 0.226 e. The molecule has 8 N–H and O–H groups in total. The average Bonchev–Trinajstić information content (AvgIpc) is 3.54. The van der Waals surface area contributed by atoms with Crippen LogP contribution in [0.2, 0.25) is 0 Å². The molecule has 0 radical (unpaired) electrons. The lowest BCUT2D eigenvalue weighted by Gasteiger charge is -2.37. The first-order valence-electron chi connectivity index (χ1n) is 18.4. The number of likely N-dealkylation sites (tertiary alicyclic amines) is 2. The molecule has 2 amide bonds. The molecule has 294 valence electrons. The van der Waals surface area contributed by atoms with Gasteiger partial charge in [-0.2, -0.15) is 0 Å². The molecule has 0 spiro atoms. The molecule has 3 rings (SSSR count). The Morgan fingerprint density at radius 1 is 1.15 bits per heavy atom. The van der Waals surface area contributed by atoms with Crippen molar-refractivity contribution in [1.29, 1.82) is 0 Å². The molecule has 1 unspecified atom stereocenters. The van der Waals surface area contributed by atoms with E-state index in [9.17, 15) is 33.7 Å². The zero-order valence-corrected chi connectivity index (χ0v) is 30.3. The maximum absolute atomic E-state index is 14.7. The molecule has 0 aromatic rings. The Kier molecular flexibility index (Phi) is 19.5. The second-order valence-corrected chi connectivity index (χ2v) is 13.6. The largest absolute Gasteiger partial charge is 0.493 e. The minimum Gasteiger partial charge on any atom is -0.493 e. The van der Waals surface area contributed by atoms with Crippen LogP contribution >= 0.6 is 0 Å². The fraction of sp³-hybridized carbons (Fsp3) is 0.676. The molecule has 5 atom stereocenters. The van der Waals surface area contributed by atoms with Crippen LogP contribution in [0.5, 0.6) is 0 Å². The molecular weight excluding hydrogens is 680 g/mol. The van der Waals surface area contributed by atoms with E-state index < -0.39 is 36.0 Å². The van der Waals surface area contributed by atoms with Gasteiger partial charge in [-0.3, -0.25) is 20.2 Å². The van der Waals surface area contributed by atoms with Gasteiger partial charge in [-0.05, 0) is 75.4 Å². The summed E-state index contributed by atoms with van der Waals surface area (Å²) in [6, 6.07) is 0. The van der Waals surface area contributed by atoms with Gasteiger partial charge in [0.2, 0.25) is 11.8 Å². The van der Waals surface area contributed by atoms with Crippen molar-refractivity contribution >= 4 is 11.8 Å². The van der Waals surface area contributed by atoms with Gasteiger partial charge in [-0.25, -0.2) is 8.78 Å². The first-order chi connectivity index (χ1) is 25.1. The van der Waals surface area contributed by atoms with Crippen LogP contribution in [0.1, 0.15) is 64.2 Å². The van der Waals surface area contributed by atoms with E-state index in [2.05, 4.69) is 27.7 Å². The van der Waals surface area contributed by atoms with Gasteiger partial charge in [0.05, 0.1) is 37.7 Å². The number of carbonyl (C=O) groups is 2. The normalized spacial score (nSPS) is 22.0. The number of amides is 2. The molecule has 0 aromatic carbocycles. The van der Waals surface area contributed by atoms with Crippen LogP contribution in [-0.4, -0.2) is 126 Å². The molecule has 0 bridgehead atoms. The number of allylic oxidation sites excluding steroid dienone is 5. The number of hydrogen-bond donors (Lipinski definition) is 7. The number of halogens is 2. The molecule has 2 heterocycles. The molecule has 52 heavy (non-hydrogen) atoms. The molecule has 3 aliphatic rings. The van der Waals surface area contributed by atoms with Crippen molar-refractivity contribution in [3.05, 3.63) is 59.6 Å². The molecule has 1 aliphatic carbocycles. The fourth-order valence-corrected chi connectivity index (χ4v) is 6.63. The lowest BCUT2D eigenvalue weighted by atomic mass is 9.92. The van der Waals surface area contributed by atoms with Gasteiger partial charge in [-0.1, -0.05) is 12.2 Å². The van der Waals surface area contributed by atoms with Crippen LogP contribution < -0.4 is 16.4 Å². The van der Waals surface area contributed by atoms with E-state index in [0.717, 1.165) is 81.1 Å². The van der Waals surface area contributed by atoms with E-state index in [1.54, 1.807) is 7.11 Å². The van der Waals surface area contributed by atoms with Crippen LogP contribution in [0.25, 0.3) is 0 Å². The van der Waals surface area contributed by atoms with E-state index >= 15 is 0 Å². The summed E-state index contributed by atoms with van der Waals surface area (Å²) in [5.74, 6) is -1.63. The standard InChI is InChI=1S/C37H59F2N5O8/c1-51-25-28-7-3-2-4-8-31(28)42-37(40)43-17-12-26(13-18-43)6-5-21-52-30(11-16-38)22-29(39)9-10-34(48)44-19-14-27(24-44)36(50)41-23-33(47)35(49)32(46)15-20-45/h3,7,9,11,16,22,26-27,32-33,35,37,42,45-47,49H,2,4-6,8,10,12-15,17-21,23-25,40H2,1H3,(H,41,50)/b16-11+,29-9-,30-22+/t27-,32+,33-,35-,37?/m0/s1. The summed E-state index contributed by atoms with van der Waals surface area (Å²) in [6.07, 6.45) is 9.72. The summed E-state index contributed by atoms with van der Waals surface area (Å²) < 4.78 is 38.8. The summed E-state index contributed by atoms with van der Waals surface area (Å²) in [7, 11) is 1.69. The number of methoxy groups -OCH3 is 1. The lowest BCUT2D eigenvalue weighted by Crippen LogP contribution is -2.54. The molecule has 0 saturated carbocycles. The van der Waals surface area contributed by atoms with Crippen molar-refractivity contribution in [2.45, 2.75) is 88.8 Å². The predicted octanol–water partition coefficient (Wildman–Crippen LogP) is 2.01. The van der Waals surface area contributed by atoms with E-state index in [1.807, 2.05) is 0 Å². The quantitative estimate of drug-likeness (QED) is 0.0395. The highest BCUT2D eigenvalue weighted by atomic mass is 19.1. The van der Waals surface area contributed by atoms with Crippen LogP contribution in [0, 0.1) is 11.8 Å². The maximum atomic E-state index is 14.7. The first-order valence-corrected chi connectivity index (χ1v) is 18.4. The van der Waals surface area contributed by atoms with E-state index in [1.165, 1.54) is 4.90 Å². The van der Waals surface area contributed by atoms with Gasteiger partial charge < -0.3 is 45.4 Å². The maximum Gasteiger partial charge on any atom is 0.226 e. The van der Waals surface area contributed by atoms with Crippen molar-refractivity contribution in [3.8, 4) is 0 Å². The number of rotatable bonds is 21. The van der Waals surface area contributed by atoms with Crippen molar-refractivity contribution in [3.63, 3.8) is 0 Å². The van der Waals surface area contributed by atoms with E-state index in [0.29, 0.717) is 25.4 Å². The number of carbonyl (C=O) groups excluding carboxylic acids is 2. The number of nitrogens with two attached hydrogens (primary N) is 1. The number of nitrogens with one attached hydrogen (secondary N) is 2. The van der Waals surface area contributed by atoms with Crippen molar-refractivity contribution in [2.75, 3.05) is 59.7 Å². The summed E-state index contributed by atoms with van der Waals surface area (Å²) >= 11 is 0. The molecule has 13 nitrogen and oxygen atoms in total. The molecule has 0 aromatic heterocycles. The minimum atomic E-state index is -1.54. The van der Waals surface area contributed by atoms with Crippen LogP contribution in [0.4, 0.5) is 8.78 Å². The number of ether oxygens (including phenoxy) is 2. The number of aliphatic hydroxyl groups is 4. The van der Waals surface area contributed by atoms with Crippen molar-refractivity contribution < 1.29 is 48.3 Å². The fourth-order valence-electron chi connectivity index (χ4n) is 6.63. The van der Waals surface area contributed by atoms with Gasteiger partial charge in [0, 0.05) is 70.7 Å². The Morgan fingerprint density at radius 2 is 1.92 bits per heavy atom. The zero-order valence-electron chi connectivity index (χ0n) is 30.3. The van der Waals surface area contributed by atoms with Crippen LogP contribution in [0.3, 0.4) is 0 Å². The topological polar surface area (TPSA) is 190 Å². The highest BCUT2D eigenvalue weighted by Crippen LogP contribution is 2.24. The third-order valence-electron chi connectivity index (χ3n) is 9.78. The number of hydrogen-bond acceptors (Lipinski definition) is 11. The number of aliphatic hydroxyl groups excluding tert-OH is 4. The highest BCUT2D eigenvalue weighted by Gasteiger charge is 2.32. The summed E-state index contributed by atoms with van der Waals surface area (Å²) in [5, 5.41) is 44.5. The van der Waals surface area contributed by atoms with Crippen molar-refractivity contribution in [1.82, 2.24) is 20.4 Å². The minimum absolute atomic E-state index is 0.000152. The number of piperidine rings is 1. The van der Waals surface area contributed by atoms with Gasteiger partial charge >= 0.3 is 0 Å². The van der Waals surface area contributed by atoms with Gasteiger partial charge in [0.25, 0.3) is 0 Å². The monoisotopic (exact) mass is 739 g/mol. The molecule has 2 saturated heterocycles. The van der Waals surface area contributed by atoms with Gasteiger partial charge in [0.1, 0.15) is 24.0 Å². The van der Waals surface area contributed by atoms with Gasteiger partial charge in [0.15, 0.2) is 0 Å². The zero-order chi connectivity index (χ0) is 37.9. The molecule has 2 aliphatic heterocycles. The number of nitrogens with zero attached hydrogens (tertiary/aromatic N) is 2. The Hall–Kier alpha value is -3.18. The van der Waals surface area contributed by atoms with Gasteiger partial charge in [-0.15, -0.1) is 0 Å². The third kappa shape index (κ3) is 14.7. The summed E-state index contributed by atoms with van der Waals surface area (Å²) in [6.45, 7) is 2.27. The Bertz CT molecular complexity index is 1270. The molecule has 2 fully saturated rings. The second kappa shape index (κ2) is 23.5. The van der Waals surface area contributed by atoms with E-state index in [4.69, 9.17) is 20.3 Å². The van der Waals surface area contributed by atoms with Crippen LogP contribution in [-0.2, 0) is 19.1 Å². The Morgan fingerprint density at radius 3 is 2.63 bits per heavy atom. The van der Waals surface area contributed by atoms with E-state index in [-0.39, 0.29) is 70.0 Å². The molecule has 15 heteroatoms. The molecular formula is C37H59F2N5O8. The van der Waals surface area contributed by atoms with Crippen LogP contribution in [0.15, 0.2) is 59.6 Å².